The van der Waals surface area contributed by atoms with Gasteiger partial charge in [-0.25, -0.2) is 4.79 Å². The van der Waals surface area contributed by atoms with Crippen LogP contribution in [0.4, 0.5) is 0 Å². The van der Waals surface area contributed by atoms with Crippen LogP contribution in [0.5, 0.6) is 0 Å². The van der Waals surface area contributed by atoms with Gasteiger partial charge in [-0.2, -0.15) is 0 Å². The van der Waals surface area contributed by atoms with Gasteiger partial charge in [0.15, 0.2) is 11.5 Å². The van der Waals surface area contributed by atoms with Gasteiger partial charge in [0.1, 0.15) is 0 Å². The molecule has 0 atom stereocenters. The van der Waals surface area contributed by atoms with Crippen molar-refractivity contribution in [3.05, 3.63) is 71.3 Å². The van der Waals surface area contributed by atoms with Gasteiger partial charge in [0, 0.05) is 11.6 Å². The molecule has 0 aromatic carbocycles. The molecule has 0 saturated heterocycles. The molecule has 1 aliphatic rings. The molecule has 1 aliphatic carbocycles. The lowest BCUT2D eigenvalue weighted by Crippen LogP contribution is -2.24. The maximum absolute atomic E-state index is 12.4. The molecule has 0 amide bonds. The third-order valence-electron chi connectivity index (χ3n) is 3.24. The highest BCUT2D eigenvalue weighted by Crippen LogP contribution is 2.26. The minimum atomic E-state index is -0.440. The maximum atomic E-state index is 12.4. The third kappa shape index (κ3) is 5.17. The Morgan fingerprint density at radius 3 is 1.92 bits per heavy atom. The van der Waals surface area contributed by atoms with E-state index < -0.39 is 11.8 Å². The molecule has 0 bridgehead atoms. The SMILES string of the molecule is COC(=O)/C=C/C=C/C=C/C=C/C1=C(OC)C(=O)C(C)=C(OC)C1=O. The molecule has 0 spiro atoms. The van der Waals surface area contributed by atoms with Gasteiger partial charge in [-0.1, -0.05) is 36.5 Å². The number of hydrogen-bond donors (Lipinski definition) is 0. The average molecular weight is 344 g/mol. The highest BCUT2D eigenvalue weighted by Gasteiger charge is 2.33. The number of hydrogen-bond acceptors (Lipinski definition) is 6. The number of rotatable bonds is 7. The molecule has 132 valence electrons. The Balaban J connectivity index is 2.86. The standard InChI is InChI=1S/C19H20O6/c1-13-16(21)19(25-4)14(17(22)18(13)24-3)11-9-7-5-6-8-10-12-15(20)23-2/h5-12H,1-4H3/b7-5+,8-6+,11-9+,12-10+. The number of methoxy groups -OCH3 is 3. The quantitative estimate of drug-likeness (QED) is 0.305. The minimum absolute atomic E-state index is 0.00972. The van der Waals surface area contributed by atoms with Crippen LogP contribution in [0.3, 0.4) is 0 Å². The summed E-state index contributed by atoms with van der Waals surface area (Å²) < 4.78 is 14.5. The number of carbonyl (C=O) groups is 3. The van der Waals surface area contributed by atoms with Crippen molar-refractivity contribution in [3.8, 4) is 0 Å². The lowest BCUT2D eigenvalue weighted by molar-refractivity contribution is -0.134. The monoisotopic (exact) mass is 344 g/mol. The fourth-order valence-corrected chi connectivity index (χ4v) is 2.00. The van der Waals surface area contributed by atoms with Crippen LogP contribution in [-0.2, 0) is 28.6 Å². The van der Waals surface area contributed by atoms with Crippen LogP contribution in [0.1, 0.15) is 6.92 Å². The number of ketones is 2. The second-order valence-corrected chi connectivity index (χ2v) is 4.77. The van der Waals surface area contributed by atoms with E-state index in [9.17, 15) is 14.4 Å². The van der Waals surface area contributed by atoms with E-state index in [1.165, 1.54) is 46.5 Å². The van der Waals surface area contributed by atoms with Gasteiger partial charge in [0.25, 0.3) is 0 Å². The van der Waals surface area contributed by atoms with E-state index in [0.29, 0.717) is 0 Å². The molecule has 0 heterocycles. The van der Waals surface area contributed by atoms with E-state index in [2.05, 4.69) is 4.74 Å². The third-order valence-corrected chi connectivity index (χ3v) is 3.24. The fourth-order valence-electron chi connectivity index (χ4n) is 2.00. The van der Waals surface area contributed by atoms with Gasteiger partial charge in [-0.15, -0.1) is 0 Å². The Kier molecular flexibility index (Phi) is 7.86. The van der Waals surface area contributed by atoms with Crippen LogP contribution in [0.15, 0.2) is 71.3 Å². The van der Waals surface area contributed by atoms with Gasteiger partial charge < -0.3 is 14.2 Å². The first-order valence-corrected chi connectivity index (χ1v) is 7.36. The predicted octanol–water partition coefficient (Wildman–Crippen LogP) is 2.36. The molecule has 0 unspecified atom stereocenters. The molecule has 0 N–H and O–H groups in total. The Morgan fingerprint density at radius 1 is 0.800 bits per heavy atom. The van der Waals surface area contributed by atoms with Crippen molar-refractivity contribution < 1.29 is 28.6 Å². The summed E-state index contributed by atoms with van der Waals surface area (Å²) in [7, 11) is 3.98. The summed E-state index contributed by atoms with van der Waals surface area (Å²) in [6, 6.07) is 0. The Bertz CT molecular complexity index is 729. The van der Waals surface area contributed by atoms with Crippen LogP contribution >= 0.6 is 0 Å². The van der Waals surface area contributed by atoms with Crippen molar-refractivity contribution in [2.45, 2.75) is 6.92 Å². The predicted molar refractivity (Wildman–Crippen MR) is 92.3 cm³/mol. The van der Waals surface area contributed by atoms with Gasteiger partial charge in [-0.3, -0.25) is 9.59 Å². The zero-order valence-electron chi connectivity index (χ0n) is 14.6. The summed E-state index contributed by atoms with van der Waals surface area (Å²) in [5, 5.41) is 0. The van der Waals surface area contributed by atoms with E-state index >= 15 is 0 Å². The molecule has 1 rings (SSSR count). The number of carbonyl (C=O) groups excluding carboxylic acids is 3. The van der Waals surface area contributed by atoms with Crippen LogP contribution < -0.4 is 0 Å². The van der Waals surface area contributed by atoms with Crippen molar-refractivity contribution in [1.29, 1.82) is 0 Å². The molecule has 6 nitrogen and oxygen atoms in total. The molecule has 0 aromatic heterocycles. The largest absolute Gasteiger partial charge is 0.492 e. The van der Waals surface area contributed by atoms with Gasteiger partial charge in [-0.05, 0) is 13.0 Å². The van der Waals surface area contributed by atoms with Crippen molar-refractivity contribution in [3.63, 3.8) is 0 Å². The first-order chi connectivity index (χ1) is 12.0. The first kappa shape index (κ1) is 19.9. The van der Waals surface area contributed by atoms with Gasteiger partial charge in [0.2, 0.25) is 11.6 Å². The molecule has 25 heavy (non-hydrogen) atoms. The second kappa shape index (κ2) is 9.87. The van der Waals surface area contributed by atoms with Crippen LogP contribution in [0.25, 0.3) is 0 Å². The average Bonchev–Trinajstić information content (AvgIpc) is 2.61. The smallest absolute Gasteiger partial charge is 0.330 e. The maximum Gasteiger partial charge on any atom is 0.330 e. The highest BCUT2D eigenvalue weighted by molar-refractivity contribution is 6.24. The summed E-state index contributed by atoms with van der Waals surface area (Å²) in [5.41, 5.74) is 0.353. The van der Waals surface area contributed by atoms with E-state index in [0.717, 1.165) is 0 Å². The summed E-state index contributed by atoms with van der Waals surface area (Å²) in [4.78, 5) is 35.4. The van der Waals surface area contributed by atoms with E-state index in [1.54, 1.807) is 30.4 Å². The van der Waals surface area contributed by atoms with Crippen LogP contribution in [-0.4, -0.2) is 38.9 Å². The Hall–Kier alpha value is -3.15. The number of allylic oxidation sites excluding steroid dienone is 9. The first-order valence-electron chi connectivity index (χ1n) is 7.36. The van der Waals surface area contributed by atoms with E-state index in [1.807, 2.05) is 0 Å². The zero-order valence-corrected chi connectivity index (χ0v) is 14.6. The van der Waals surface area contributed by atoms with Gasteiger partial charge in [0.05, 0.1) is 26.9 Å². The minimum Gasteiger partial charge on any atom is -0.492 e. The highest BCUT2D eigenvalue weighted by atomic mass is 16.5. The van der Waals surface area contributed by atoms with Crippen molar-refractivity contribution >= 4 is 17.5 Å². The van der Waals surface area contributed by atoms with Gasteiger partial charge >= 0.3 is 5.97 Å². The van der Waals surface area contributed by atoms with Crippen molar-refractivity contribution in [1.82, 2.24) is 0 Å². The van der Waals surface area contributed by atoms with Crippen molar-refractivity contribution in [2.75, 3.05) is 21.3 Å². The number of ether oxygens (including phenoxy) is 3. The molecule has 0 aliphatic heterocycles. The number of Topliss-reactive ketones (excluding diaryl/α,β-unsaturated/α-hetero) is 2. The normalized spacial score (nSPS) is 16.2. The Morgan fingerprint density at radius 2 is 1.36 bits per heavy atom. The number of esters is 1. The van der Waals surface area contributed by atoms with Crippen LogP contribution in [0, 0.1) is 0 Å². The van der Waals surface area contributed by atoms with Crippen LogP contribution in [0.2, 0.25) is 0 Å². The Labute approximate surface area is 146 Å². The summed E-state index contributed by atoms with van der Waals surface area (Å²) >= 11 is 0. The molecule has 0 saturated carbocycles. The second-order valence-electron chi connectivity index (χ2n) is 4.77. The molecule has 0 fully saturated rings. The lowest BCUT2D eigenvalue weighted by Gasteiger charge is -2.18. The fraction of sp³-hybridized carbons (Fsp3) is 0.211. The topological polar surface area (TPSA) is 78.9 Å². The summed E-state index contributed by atoms with van der Waals surface area (Å²) in [6.07, 6.45) is 12.6. The summed E-state index contributed by atoms with van der Waals surface area (Å²) in [5.74, 6) is -1.22. The summed E-state index contributed by atoms with van der Waals surface area (Å²) in [6.45, 7) is 1.52. The zero-order chi connectivity index (χ0) is 18.8. The molecule has 0 radical (unpaired) electrons. The lowest BCUT2D eigenvalue weighted by atomic mass is 9.94. The molecule has 0 aromatic rings. The molecular formula is C19H20O6. The molecule has 6 heteroatoms. The van der Waals surface area contributed by atoms with E-state index in [4.69, 9.17) is 9.47 Å². The van der Waals surface area contributed by atoms with Crippen molar-refractivity contribution in [2.24, 2.45) is 0 Å². The van der Waals surface area contributed by atoms with E-state index in [-0.39, 0.29) is 28.4 Å². The molecular weight excluding hydrogens is 324 g/mol.